The number of carbonyl (C=O) groups is 1. The van der Waals surface area contributed by atoms with Gasteiger partial charge in [0.15, 0.2) is 0 Å². The molecule has 1 aromatic heterocycles. The van der Waals surface area contributed by atoms with E-state index >= 15 is 0 Å². The lowest BCUT2D eigenvalue weighted by Gasteiger charge is -2.05. The Hall–Kier alpha value is -1.93. The highest BCUT2D eigenvalue weighted by molar-refractivity contribution is 9.11. The monoisotopic (exact) mass is 355 g/mol. The van der Waals surface area contributed by atoms with Crippen molar-refractivity contribution in [3.8, 4) is 0 Å². The summed E-state index contributed by atoms with van der Waals surface area (Å²) >= 11 is 4.86. The molecule has 0 aliphatic heterocycles. The van der Waals surface area contributed by atoms with Gasteiger partial charge < -0.3 is 11.1 Å². The van der Waals surface area contributed by atoms with Gasteiger partial charge in [-0.25, -0.2) is 0 Å². The van der Waals surface area contributed by atoms with Gasteiger partial charge in [-0.15, -0.1) is 11.3 Å². The van der Waals surface area contributed by atoms with E-state index in [1.807, 2.05) is 12.1 Å². The Labute approximate surface area is 126 Å². The Morgan fingerprint density at radius 3 is 2.70 bits per heavy atom. The number of nitro groups is 1. The van der Waals surface area contributed by atoms with Crippen LogP contribution >= 0.6 is 27.3 Å². The summed E-state index contributed by atoms with van der Waals surface area (Å²) in [6, 6.07) is 7.72. The molecule has 1 aromatic carbocycles. The van der Waals surface area contributed by atoms with E-state index in [1.165, 1.54) is 29.5 Å². The molecule has 1 amide bonds. The van der Waals surface area contributed by atoms with Crippen LogP contribution in [0.3, 0.4) is 0 Å². The molecule has 2 rings (SSSR count). The third-order valence-corrected chi connectivity index (χ3v) is 4.16. The highest BCUT2D eigenvalue weighted by Gasteiger charge is 2.14. The number of nitrogens with two attached hydrogens (primary N) is 1. The van der Waals surface area contributed by atoms with Crippen LogP contribution in [0.1, 0.15) is 15.2 Å². The molecule has 0 radical (unpaired) electrons. The van der Waals surface area contributed by atoms with E-state index in [2.05, 4.69) is 21.2 Å². The molecule has 0 saturated carbocycles. The van der Waals surface area contributed by atoms with Gasteiger partial charge in [0.1, 0.15) is 5.69 Å². The van der Waals surface area contributed by atoms with E-state index < -0.39 is 4.92 Å². The minimum Gasteiger partial charge on any atom is -0.393 e. The number of nitrogen functional groups attached to an aromatic ring is 1. The number of anilines is 1. The van der Waals surface area contributed by atoms with Gasteiger partial charge in [0.2, 0.25) is 0 Å². The fourth-order valence-corrected chi connectivity index (χ4v) is 3.00. The van der Waals surface area contributed by atoms with Crippen molar-refractivity contribution < 1.29 is 9.72 Å². The van der Waals surface area contributed by atoms with E-state index in [0.29, 0.717) is 12.1 Å². The van der Waals surface area contributed by atoms with Gasteiger partial charge >= 0.3 is 0 Å². The molecular formula is C12H10BrN3O3S. The maximum atomic E-state index is 11.9. The molecule has 0 aliphatic carbocycles. The molecule has 0 aliphatic rings. The number of amides is 1. The molecule has 104 valence electrons. The standard InChI is InChI=1S/C12H10BrN3O3S/c13-11-4-2-8(20-11)6-15-12(17)7-1-3-10(16(18)19)9(14)5-7/h1-5H,6,14H2,(H,15,17). The predicted molar refractivity (Wildman–Crippen MR) is 80.7 cm³/mol. The molecule has 6 nitrogen and oxygen atoms in total. The first kappa shape index (κ1) is 14.5. The van der Waals surface area contributed by atoms with Gasteiger partial charge in [-0.05, 0) is 40.2 Å². The second kappa shape index (κ2) is 6.02. The van der Waals surface area contributed by atoms with Gasteiger partial charge in [0, 0.05) is 16.5 Å². The number of carbonyl (C=O) groups excluding carboxylic acids is 1. The zero-order chi connectivity index (χ0) is 14.7. The molecule has 0 saturated heterocycles. The summed E-state index contributed by atoms with van der Waals surface area (Å²) in [6.07, 6.45) is 0. The zero-order valence-corrected chi connectivity index (χ0v) is 12.5. The van der Waals surface area contributed by atoms with Crippen molar-refractivity contribution in [2.45, 2.75) is 6.54 Å². The second-order valence-electron chi connectivity index (χ2n) is 3.92. The van der Waals surface area contributed by atoms with Crippen LogP contribution < -0.4 is 11.1 Å². The fourth-order valence-electron chi connectivity index (χ4n) is 1.58. The molecule has 3 N–H and O–H groups in total. The second-order valence-corrected chi connectivity index (χ2v) is 6.47. The third kappa shape index (κ3) is 3.34. The third-order valence-electron chi connectivity index (χ3n) is 2.54. The van der Waals surface area contributed by atoms with Crippen LogP contribution in [0.2, 0.25) is 0 Å². The van der Waals surface area contributed by atoms with Gasteiger partial charge in [-0.2, -0.15) is 0 Å². The van der Waals surface area contributed by atoms with Crippen molar-refractivity contribution in [3.63, 3.8) is 0 Å². The Morgan fingerprint density at radius 2 is 2.15 bits per heavy atom. The SMILES string of the molecule is Nc1cc(C(=O)NCc2ccc(Br)s2)ccc1[N+](=O)[O-]. The predicted octanol–water partition coefficient (Wildman–Crippen LogP) is 2.93. The van der Waals surface area contributed by atoms with Gasteiger partial charge in [-0.1, -0.05) is 0 Å². The van der Waals surface area contributed by atoms with Gasteiger partial charge in [0.25, 0.3) is 11.6 Å². The average molecular weight is 356 g/mol. The summed E-state index contributed by atoms with van der Waals surface area (Å²) in [5.41, 5.74) is 5.61. The molecule has 0 unspecified atom stereocenters. The number of nitrogens with zero attached hydrogens (tertiary/aromatic N) is 1. The molecule has 0 atom stereocenters. The van der Waals surface area contributed by atoms with E-state index in [-0.39, 0.29) is 17.3 Å². The molecule has 0 bridgehead atoms. The number of benzene rings is 1. The zero-order valence-electron chi connectivity index (χ0n) is 10.1. The Bertz CT molecular complexity index is 672. The van der Waals surface area contributed by atoms with E-state index in [1.54, 1.807) is 0 Å². The number of nitro benzene ring substituents is 1. The minimum absolute atomic E-state index is 0.0264. The molecule has 20 heavy (non-hydrogen) atoms. The maximum Gasteiger partial charge on any atom is 0.292 e. The van der Waals surface area contributed by atoms with Crippen LogP contribution in [0.15, 0.2) is 34.1 Å². The van der Waals surface area contributed by atoms with Crippen molar-refractivity contribution in [2.24, 2.45) is 0 Å². The van der Waals surface area contributed by atoms with Crippen LogP contribution in [0.5, 0.6) is 0 Å². The van der Waals surface area contributed by atoms with Crippen molar-refractivity contribution in [1.29, 1.82) is 0 Å². The summed E-state index contributed by atoms with van der Waals surface area (Å²) < 4.78 is 0.987. The van der Waals surface area contributed by atoms with E-state index in [9.17, 15) is 14.9 Å². The number of nitrogens with one attached hydrogen (secondary N) is 1. The fraction of sp³-hybridized carbons (Fsp3) is 0.0833. The smallest absolute Gasteiger partial charge is 0.292 e. The van der Waals surface area contributed by atoms with E-state index in [4.69, 9.17) is 5.73 Å². The number of hydrogen-bond donors (Lipinski definition) is 2. The van der Waals surface area contributed by atoms with Crippen LogP contribution in [-0.4, -0.2) is 10.8 Å². The quantitative estimate of drug-likeness (QED) is 0.500. The van der Waals surface area contributed by atoms with Crippen LogP contribution in [0, 0.1) is 10.1 Å². The molecule has 2 aromatic rings. The lowest BCUT2D eigenvalue weighted by Crippen LogP contribution is -2.22. The lowest BCUT2D eigenvalue weighted by molar-refractivity contribution is -0.383. The van der Waals surface area contributed by atoms with Crippen LogP contribution in [-0.2, 0) is 6.54 Å². The van der Waals surface area contributed by atoms with Crippen molar-refractivity contribution in [1.82, 2.24) is 5.32 Å². The summed E-state index contributed by atoms with van der Waals surface area (Å²) in [4.78, 5) is 23.0. The van der Waals surface area contributed by atoms with Crippen molar-refractivity contribution in [2.75, 3.05) is 5.73 Å². The van der Waals surface area contributed by atoms with Crippen LogP contribution in [0.4, 0.5) is 11.4 Å². The number of thiophene rings is 1. The summed E-state index contributed by atoms with van der Waals surface area (Å²) in [5, 5.41) is 13.4. The van der Waals surface area contributed by atoms with Gasteiger partial charge in [-0.3, -0.25) is 14.9 Å². The minimum atomic E-state index is -0.583. The highest BCUT2D eigenvalue weighted by Crippen LogP contribution is 2.23. The summed E-state index contributed by atoms with van der Waals surface area (Å²) in [5.74, 6) is -0.323. The Kier molecular flexibility index (Phi) is 4.35. The number of hydrogen-bond acceptors (Lipinski definition) is 5. The molecule has 8 heteroatoms. The van der Waals surface area contributed by atoms with Crippen molar-refractivity contribution >= 4 is 44.5 Å². The first-order valence-corrected chi connectivity index (χ1v) is 7.14. The lowest BCUT2D eigenvalue weighted by atomic mass is 10.1. The first-order chi connectivity index (χ1) is 9.47. The Morgan fingerprint density at radius 1 is 1.40 bits per heavy atom. The Balaban J connectivity index is 2.06. The molecule has 1 heterocycles. The topological polar surface area (TPSA) is 98.3 Å². The largest absolute Gasteiger partial charge is 0.393 e. The van der Waals surface area contributed by atoms with E-state index in [0.717, 1.165) is 8.66 Å². The summed E-state index contributed by atoms with van der Waals surface area (Å²) in [6.45, 7) is 0.395. The number of rotatable bonds is 4. The van der Waals surface area contributed by atoms with Crippen LogP contribution in [0.25, 0.3) is 0 Å². The number of halogens is 1. The molecule has 0 fully saturated rings. The molecular weight excluding hydrogens is 346 g/mol. The average Bonchev–Trinajstić information content (AvgIpc) is 2.81. The normalized spacial score (nSPS) is 10.2. The first-order valence-electron chi connectivity index (χ1n) is 5.53. The van der Waals surface area contributed by atoms with Crippen molar-refractivity contribution in [3.05, 3.63) is 54.7 Å². The summed E-state index contributed by atoms with van der Waals surface area (Å²) in [7, 11) is 0. The highest BCUT2D eigenvalue weighted by atomic mass is 79.9. The maximum absolute atomic E-state index is 11.9. The van der Waals surface area contributed by atoms with Gasteiger partial charge in [0.05, 0.1) is 15.3 Å². The molecule has 0 spiro atoms.